The second kappa shape index (κ2) is 14.2. The number of ether oxygens (including phenoxy) is 1. The smallest absolute Gasteiger partial charge is 0.270 e. The Balaban J connectivity index is 1.07. The molecule has 16 nitrogen and oxygen atoms in total. The van der Waals surface area contributed by atoms with Crippen LogP contribution in [0.1, 0.15) is 44.2 Å². The van der Waals surface area contributed by atoms with Gasteiger partial charge in [-0.25, -0.2) is 0 Å². The summed E-state index contributed by atoms with van der Waals surface area (Å²) in [6.45, 7) is -0.433. The number of fused-ring (bicyclic) bond motifs is 1. The van der Waals surface area contributed by atoms with Crippen LogP contribution in [0.2, 0.25) is 0 Å². The predicted molar refractivity (Wildman–Crippen MR) is 169 cm³/mol. The van der Waals surface area contributed by atoms with Crippen molar-refractivity contribution in [3.63, 3.8) is 0 Å². The number of carbonyl (C=O) groups is 4. The lowest BCUT2D eigenvalue weighted by molar-refractivity contribution is -0.233. The summed E-state index contributed by atoms with van der Waals surface area (Å²) >= 11 is 0. The van der Waals surface area contributed by atoms with E-state index in [1.54, 1.807) is 37.1 Å². The van der Waals surface area contributed by atoms with Crippen molar-refractivity contribution in [3.05, 3.63) is 71.9 Å². The zero-order valence-corrected chi connectivity index (χ0v) is 25.6. The molecule has 0 bridgehead atoms. The average Bonchev–Trinajstić information content (AvgIpc) is 3.75. The molecule has 0 radical (unpaired) electrons. The summed E-state index contributed by atoms with van der Waals surface area (Å²) < 4.78 is 8.34. The third-order valence-corrected chi connectivity index (χ3v) is 7.88. The molecular formula is C31H37N7O9. The number of aliphatic hydroxyl groups is 4. The van der Waals surface area contributed by atoms with Crippen molar-refractivity contribution in [1.82, 2.24) is 24.8 Å². The number of aromatic amines is 1. The highest BCUT2D eigenvalue weighted by Crippen LogP contribution is 2.22. The molecule has 4 amide bonds. The molecule has 250 valence electrons. The van der Waals surface area contributed by atoms with E-state index in [2.05, 4.69) is 26.3 Å². The maximum atomic E-state index is 12.8. The topological polar surface area (TPSA) is 232 Å². The maximum Gasteiger partial charge on any atom is 0.270 e. The Hall–Kier alpha value is -5.00. The van der Waals surface area contributed by atoms with Crippen LogP contribution in [0.5, 0.6) is 0 Å². The fraction of sp³-hybridized carbons (Fsp3) is 0.355. The van der Waals surface area contributed by atoms with Crippen LogP contribution in [0.25, 0.3) is 10.9 Å². The molecule has 4 aromatic rings. The minimum absolute atomic E-state index is 0.0701. The van der Waals surface area contributed by atoms with Crippen molar-refractivity contribution < 1.29 is 44.3 Å². The van der Waals surface area contributed by atoms with Crippen LogP contribution in [0.4, 0.5) is 11.4 Å². The molecular weight excluding hydrogens is 614 g/mol. The number of aryl methyl sites for hydroxylation is 2. The fourth-order valence-electron chi connectivity index (χ4n) is 5.36. The normalized spacial score (nSPS) is 20.9. The first-order valence-corrected chi connectivity index (χ1v) is 14.9. The highest BCUT2D eigenvalue weighted by molar-refractivity contribution is 6.13. The van der Waals surface area contributed by atoms with E-state index < -0.39 is 43.2 Å². The van der Waals surface area contributed by atoms with Gasteiger partial charge in [-0.05, 0) is 24.6 Å². The third kappa shape index (κ3) is 7.37. The van der Waals surface area contributed by atoms with E-state index in [0.717, 1.165) is 10.9 Å². The summed E-state index contributed by atoms with van der Waals surface area (Å²) in [5.74, 6) is -1.74. The lowest BCUT2D eigenvalue weighted by Crippen LogP contribution is -2.63. The van der Waals surface area contributed by atoms with E-state index in [9.17, 15) is 39.6 Å². The van der Waals surface area contributed by atoms with Gasteiger partial charge in [-0.3, -0.25) is 19.2 Å². The maximum absolute atomic E-state index is 12.8. The number of anilines is 2. The number of carbonyl (C=O) groups excluding carboxylic acids is 4. The summed E-state index contributed by atoms with van der Waals surface area (Å²) in [6.07, 6.45) is -2.26. The number of nitrogens with zero attached hydrogens (tertiary/aromatic N) is 2. The lowest BCUT2D eigenvalue weighted by atomic mass is 9.98. The van der Waals surface area contributed by atoms with Gasteiger partial charge < -0.3 is 60.5 Å². The van der Waals surface area contributed by atoms with Gasteiger partial charge in [0.15, 0.2) is 6.23 Å². The molecule has 16 heteroatoms. The standard InChI is InChI=1S/C31H37N7O9/c1-37-14-17(35-28(44)19-12-33-20-7-4-3-6-18(19)20)11-21(37)29(45)32-9-5-8-24(40)34-16-10-22(38(2)13-16)30(46)36-31-27(43)26(42)25(41)23(15-39)47-31/h3-4,6-7,10-14,23,25-27,31,33,39,41-43H,5,8-9,15H2,1-2H3,(H,32,45)(H,34,40)(H,35,44)(H,36,46)/t23-,25-,26+,27+,31-/m1/s1. The molecule has 1 aromatic carbocycles. The minimum Gasteiger partial charge on any atom is -0.394 e. The Morgan fingerprint density at radius 2 is 1.53 bits per heavy atom. The van der Waals surface area contributed by atoms with Crippen LogP contribution in [0.15, 0.2) is 55.0 Å². The fourth-order valence-corrected chi connectivity index (χ4v) is 5.36. The van der Waals surface area contributed by atoms with Crippen LogP contribution in [0, 0.1) is 0 Å². The summed E-state index contributed by atoms with van der Waals surface area (Å²) in [5, 5.41) is 50.9. The Labute approximate surface area is 268 Å². The first-order valence-electron chi connectivity index (χ1n) is 14.9. The van der Waals surface area contributed by atoms with Gasteiger partial charge in [-0.2, -0.15) is 0 Å². The SMILES string of the molecule is Cn1cc(NC(=O)c2c[nH]c3ccccc23)cc1C(=O)NCCCC(=O)Nc1cc(C(=O)N[C@@H]2O[C@H](CO)[C@@H](O)[C@H](O)[C@@H]2O)n(C)c1. The number of hydrogen-bond donors (Lipinski definition) is 9. The van der Waals surface area contributed by atoms with Crippen LogP contribution < -0.4 is 21.3 Å². The number of amides is 4. The molecule has 4 heterocycles. The molecule has 47 heavy (non-hydrogen) atoms. The van der Waals surface area contributed by atoms with Crippen molar-refractivity contribution >= 4 is 45.9 Å². The minimum atomic E-state index is -1.64. The number of hydrogen-bond acceptors (Lipinski definition) is 9. The molecule has 3 aromatic heterocycles. The number of nitrogens with one attached hydrogen (secondary N) is 5. The van der Waals surface area contributed by atoms with E-state index in [-0.39, 0.29) is 36.4 Å². The largest absolute Gasteiger partial charge is 0.394 e. The zero-order chi connectivity index (χ0) is 33.8. The number of aliphatic hydroxyl groups excluding tert-OH is 4. The number of rotatable bonds is 11. The summed E-state index contributed by atoms with van der Waals surface area (Å²) in [6, 6.07) is 10.4. The van der Waals surface area contributed by atoms with Gasteiger partial charge in [-0.1, -0.05) is 18.2 Å². The van der Waals surface area contributed by atoms with E-state index in [1.807, 2.05) is 24.3 Å². The predicted octanol–water partition coefficient (Wildman–Crippen LogP) is -0.224. The Bertz CT molecular complexity index is 1780. The third-order valence-electron chi connectivity index (χ3n) is 7.88. The van der Waals surface area contributed by atoms with Crippen molar-refractivity contribution in [2.45, 2.75) is 43.5 Å². The van der Waals surface area contributed by atoms with Crippen LogP contribution in [-0.2, 0) is 23.6 Å². The number of benzene rings is 1. The van der Waals surface area contributed by atoms with Gasteiger partial charge >= 0.3 is 0 Å². The molecule has 1 saturated heterocycles. The van der Waals surface area contributed by atoms with Gasteiger partial charge in [-0.15, -0.1) is 0 Å². The van der Waals surface area contributed by atoms with E-state index in [1.165, 1.54) is 16.8 Å². The van der Waals surface area contributed by atoms with Crippen LogP contribution >= 0.6 is 0 Å². The Morgan fingerprint density at radius 3 is 2.23 bits per heavy atom. The van der Waals surface area contributed by atoms with Crippen molar-refractivity contribution in [3.8, 4) is 0 Å². The van der Waals surface area contributed by atoms with Crippen molar-refractivity contribution in [1.29, 1.82) is 0 Å². The monoisotopic (exact) mass is 651 g/mol. The van der Waals surface area contributed by atoms with Gasteiger partial charge in [0.2, 0.25) is 5.91 Å². The van der Waals surface area contributed by atoms with Crippen LogP contribution in [-0.4, -0.2) is 102 Å². The Kier molecular flexibility index (Phi) is 10.1. The number of H-pyrrole nitrogens is 1. The Morgan fingerprint density at radius 1 is 0.872 bits per heavy atom. The molecule has 0 saturated carbocycles. The summed E-state index contributed by atoms with van der Waals surface area (Å²) in [4.78, 5) is 54.1. The van der Waals surface area contributed by atoms with Crippen molar-refractivity contribution in [2.24, 2.45) is 14.1 Å². The molecule has 5 rings (SSSR count). The lowest BCUT2D eigenvalue weighted by Gasteiger charge is -2.40. The first kappa shape index (κ1) is 33.4. The molecule has 1 aliphatic heterocycles. The molecule has 1 aliphatic rings. The van der Waals surface area contributed by atoms with E-state index in [0.29, 0.717) is 29.1 Å². The quantitative estimate of drug-likeness (QED) is 0.0974. The number of para-hydroxylation sites is 1. The van der Waals surface area contributed by atoms with Gasteiger partial charge in [0, 0.05) is 56.6 Å². The molecule has 1 fully saturated rings. The molecule has 0 aliphatic carbocycles. The van der Waals surface area contributed by atoms with E-state index >= 15 is 0 Å². The highest BCUT2D eigenvalue weighted by atomic mass is 16.6. The van der Waals surface area contributed by atoms with Gasteiger partial charge in [0.05, 0.1) is 23.5 Å². The van der Waals surface area contributed by atoms with Gasteiger partial charge in [0.1, 0.15) is 35.8 Å². The highest BCUT2D eigenvalue weighted by Gasteiger charge is 2.44. The zero-order valence-electron chi connectivity index (χ0n) is 25.6. The molecule has 9 N–H and O–H groups in total. The van der Waals surface area contributed by atoms with E-state index in [4.69, 9.17) is 4.74 Å². The second-order valence-electron chi connectivity index (χ2n) is 11.3. The second-order valence-corrected chi connectivity index (χ2v) is 11.3. The molecule has 0 spiro atoms. The van der Waals surface area contributed by atoms with Gasteiger partial charge in [0.25, 0.3) is 17.7 Å². The first-order chi connectivity index (χ1) is 22.5. The summed E-state index contributed by atoms with van der Waals surface area (Å²) in [7, 11) is 3.25. The molecule has 0 unspecified atom stereocenters. The molecule has 5 atom stereocenters. The summed E-state index contributed by atoms with van der Waals surface area (Å²) in [5.41, 5.74) is 2.52. The van der Waals surface area contributed by atoms with Crippen molar-refractivity contribution in [2.75, 3.05) is 23.8 Å². The number of aromatic nitrogens is 3. The van der Waals surface area contributed by atoms with Crippen LogP contribution in [0.3, 0.4) is 0 Å². The average molecular weight is 652 g/mol.